The van der Waals surface area contributed by atoms with Gasteiger partial charge in [-0.2, -0.15) is 0 Å². The van der Waals surface area contributed by atoms with Crippen LogP contribution in [0, 0.1) is 0 Å². The van der Waals surface area contributed by atoms with Crippen LogP contribution in [0.5, 0.6) is 5.75 Å². The molecule has 7 heteroatoms. The van der Waals surface area contributed by atoms with E-state index in [0.29, 0.717) is 23.2 Å². The van der Waals surface area contributed by atoms with E-state index in [2.05, 4.69) is 20.8 Å². The molecule has 1 heterocycles. The standard InChI is InChI=1S/C15H19N5O2/c1-10(2)20-14(17-18-19-20)9-22-13-5-3-4-11(8-13)15(21)16-12-6-7-12/h3-5,8,10,12H,6-7,9H2,1-2H3,(H,16,21). The summed E-state index contributed by atoms with van der Waals surface area (Å²) in [5, 5.41) is 14.5. The Kier molecular flexibility index (Phi) is 4.04. The fourth-order valence-electron chi connectivity index (χ4n) is 2.08. The average Bonchev–Trinajstić information content (AvgIpc) is 3.19. The highest BCUT2D eigenvalue weighted by atomic mass is 16.5. The Balaban J connectivity index is 1.64. The molecule has 1 aromatic heterocycles. The van der Waals surface area contributed by atoms with Crippen LogP contribution in [-0.2, 0) is 6.61 Å². The molecule has 0 bridgehead atoms. The van der Waals surface area contributed by atoms with Gasteiger partial charge >= 0.3 is 0 Å². The summed E-state index contributed by atoms with van der Waals surface area (Å²) < 4.78 is 7.42. The van der Waals surface area contributed by atoms with Crippen molar-refractivity contribution in [3.8, 4) is 5.75 Å². The molecule has 3 rings (SSSR count). The van der Waals surface area contributed by atoms with Gasteiger partial charge in [0.05, 0.1) is 6.04 Å². The molecular weight excluding hydrogens is 282 g/mol. The third kappa shape index (κ3) is 3.41. The maximum absolute atomic E-state index is 12.0. The van der Waals surface area contributed by atoms with Crippen LogP contribution in [-0.4, -0.2) is 32.2 Å². The molecular formula is C15H19N5O2. The number of amides is 1. The van der Waals surface area contributed by atoms with Gasteiger partial charge in [-0.15, -0.1) is 5.10 Å². The number of hydrogen-bond acceptors (Lipinski definition) is 5. The smallest absolute Gasteiger partial charge is 0.251 e. The third-order valence-electron chi connectivity index (χ3n) is 3.43. The van der Waals surface area contributed by atoms with Crippen LogP contribution < -0.4 is 10.1 Å². The Morgan fingerprint density at radius 2 is 2.27 bits per heavy atom. The van der Waals surface area contributed by atoms with Crippen LogP contribution in [0.4, 0.5) is 0 Å². The first-order valence-corrected chi connectivity index (χ1v) is 7.44. The van der Waals surface area contributed by atoms with E-state index in [1.807, 2.05) is 26.0 Å². The van der Waals surface area contributed by atoms with Gasteiger partial charge in [0.25, 0.3) is 5.91 Å². The second kappa shape index (κ2) is 6.13. The van der Waals surface area contributed by atoms with Crippen LogP contribution in [0.1, 0.15) is 48.9 Å². The van der Waals surface area contributed by atoms with Crippen molar-refractivity contribution in [3.05, 3.63) is 35.7 Å². The predicted molar refractivity (Wildman–Crippen MR) is 79.5 cm³/mol. The van der Waals surface area contributed by atoms with Gasteiger partial charge in [-0.1, -0.05) is 6.07 Å². The molecule has 0 unspecified atom stereocenters. The van der Waals surface area contributed by atoms with E-state index in [0.717, 1.165) is 12.8 Å². The number of hydrogen-bond donors (Lipinski definition) is 1. The van der Waals surface area contributed by atoms with Gasteiger partial charge in [0.1, 0.15) is 12.4 Å². The lowest BCUT2D eigenvalue weighted by atomic mass is 10.2. The molecule has 0 spiro atoms. The lowest BCUT2D eigenvalue weighted by Gasteiger charge is -2.10. The zero-order chi connectivity index (χ0) is 15.5. The summed E-state index contributed by atoms with van der Waals surface area (Å²) in [7, 11) is 0. The highest BCUT2D eigenvalue weighted by Gasteiger charge is 2.23. The molecule has 116 valence electrons. The predicted octanol–water partition coefficient (Wildman–Crippen LogP) is 1.73. The topological polar surface area (TPSA) is 81.9 Å². The quantitative estimate of drug-likeness (QED) is 0.878. The summed E-state index contributed by atoms with van der Waals surface area (Å²) in [4.78, 5) is 12.0. The Bertz CT molecular complexity index is 663. The van der Waals surface area contributed by atoms with Crippen molar-refractivity contribution in [2.75, 3.05) is 0 Å². The summed E-state index contributed by atoms with van der Waals surface area (Å²) in [5.41, 5.74) is 0.604. The average molecular weight is 301 g/mol. The van der Waals surface area contributed by atoms with Crippen molar-refractivity contribution in [2.45, 2.75) is 45.4 Å². The number of aromatic nitrogens is 4. The number of nitrogens with zero attached hydrogens (tertiary/aromatic N) is 4. The molecule has 1 amide bonds. The lowest BCUT2D eigenvalue weighted by molar-refractivity contribution is 0.0950. The number of carbonyl (C=O) groups excluding carboxylic acids is 1. The number of rotatable bonds is 6. The molecule has 1 saturated carbocycles. The van der Waals surface area contributed by atoms with Gasteiger partial charge < -0.3 is 10.1 Å². The molecule has 0 saturated heterocycles. The number of benzene rings is 1. The first kappa shape index (κ1) is 14.5. The molecule has 0 aliphatic heterocycles. The van der Waals surface area contributed by atoms with Gasteiger partial charge in [-0.25, -0.2) is 4.68 Å². The van der Waals surface area contributed by atoms with Crippen LogP contribution in [0.2, 0.25) is 0 Å². The first-order valence-electron chi connectivity index (χ1n) is 7.44. The van der Waals surface area contributed by atoms with E-state index in [9.17, 15) is 4.79 Å². The number of tetrazole rings is 1. The van der Waals surface area contributed by atoms with Gasteiger partial charge in [0, 0.05) is 11.6 Å². The van der Waals surface area contributed by atoms with Crippen molar-refractivity contribution < 1.29 is 9.53 Å². The highest BCUT2D eigenvalue weighted by Crippen LogP contribution is 2.20. The number of nitrogens with one attached hydrogen (secondary N) is 1. The van der Waals surface area contributed by atoms with E-state index in [1.165, 1.54) is 0 Å². The molecule has 1 N–H and O–H groups in total. The lowest BCUT2D eigenvalue weighted by Crippen LogP contribution is -2.25. The molecule has 1 aliphatic rings. The van der Waals surface area contributed by atoms with E-state index < -0.39 is 0 Å². The fourth-order valence-corrected chi connectivity index (χ4v) is 2.08. The van der Waals surface area contributed by atoms with Crippen molar-refractivity contribution >= 4 is 5.91 Å². The zero-order valence-electron chi connectivity index (χ0n) is 12.7. The Labute approximate surface area is 128 Å². The van der Waals surface area contributed by atoms with E-state index in [-0.39, 0.29) is 18.6 Å². The van der Waals surface area contributed by atoms with Crippen molar-refractivity contribution in [1.29, 1.82) is 0 Å². The van der Waals surface area contributed by atoms with E-state index >= 15 is 0 Å². The minimum absolute atomic E-state index is 0.0556. The third-order valence-corrected chi connectivity index (χ3v) is 3.43. The molecule has 1 fully saturated rings. The normalized spacial score (nSPS) is 14.1. The maximum atomic E-state index is 12.0. The number of carbonyl (C=O) groups is 1. The zero-order valence-corrected chi connectivity index (χ0v) is 12.7. The minimum Gasteiger partial charge on any atom is -0.486 e. The summed E-state index contributed by atoms with van der Waals surface area (Å²) in [6.45, 7) is 4.27. The second-order valence-electron chi connectivity index (χ2n) is 5.70. The molecule has 7 nitrogen and oxygen atoms in total. The summed E-state index contributed by atoms with van der Waals surface area (Å²) in [5.74, 6) is 1.23. The van der Waals surface area contributed by atoms with Gasteiger partial charge in [0.2, 0.25) is 0 Å². The van der Waals surface area contributed by atoms with Gasteiger partial charge in [-0.05, 0) is 55.3 Å². The van der Waals surface area contributed by atoms with Gasteiger partial charge in [-0.3, -0.25) is 4.79 Å². The largest absolute Gasteiger partial charge is 0.486 e. The SMILES string of the molecule is CC(C)n1nnnc1COc1cccc(C(=O)NC2CC2)c1. The monoisotopic (exact) mass is 301 g/mol. The van der Waals surface area contributed by atoms with E-state index in [1.54, 1.807) is 16.8 Å². The van der Waals surface area contributed by atoms with Gasteiger partial charge in [0.15, 0.2) is 5.82 Å². The van der Waals surface area contributed by atoms with Crippen LogP contribution in [0.25, 0.3) is 0 Å². The molecule has 0 radical (unpaired) electrons. The first-order chi connectivity index (χ1) is 10.6. The molecule has 2 aromatic rings. The minimum atomic E-state index is -0.0556. The maximum Gasteiger partial charge on any atom is 0.251 e. The number of ether oxygens (including phenoxy) is 1. The summed E-state index contributed by atoms with van der Waals surface area (Å²) >= 11 is 0. The van der Waals surface area contributed by atoms with Crippen molar-refractivity contribution in [1.82, 2.24) is 25.5 Å². The molecule has 0 atom stereocenters. The van der Waals surface area contributed by atoms with Crippen molar-refractivity contribution in [3.63, 3.8) is 0 Å². The van der Waals surface area contributed by atoms with Crippen LogP contribution in [0.3, 0.4) is 0 Å². The summed E-state index contributed by atoms with van der Waals surface area (Å²) in [6, 6.07) is 7.65. The molecule has 1 aliphatic carbocycles. The second-order valence-corrected chi connectivity index (χ2v) is 5.70. The Morgan fingerprint density at radius 3 is 3.00 bits per heavy atom. The van der Waals surface area contributed by atoms with Crippen molar-refractivity contribution in [2.24, 2.45) is 0 Å². The van der Waals surface area contributed by atoms with Crippen LogP contribution >= 0.6 is 0 Å². The fraction of sp³-hybridized carbons (Fsp3) is 0.467. The Hall–Kier alpha value is -2.44. The van der Waals surface area contributed by atoms with Crippen LogP contribution in [0.15, 0.2) is 24.3 Å². The molecule has 22 heavy (non-hydrogen) atoms. The summed E-state index contributed by atoms with van der Waals surface area (Å²) in [6.07, 6.45) is 2.14. The van der Waals surface area contributed by atoms with E-state index in [4.69, 9.17) is 4.74 Å². The molecule has 1 aromatic carbocycles. The Morgan fingerprint density at radius 1 is 1.45 bits per heavy atom. The highest BCUT2D eigenvalue weighted by molar-refractivity contribution is 5.94.